The molecular weight excluding hydrogens is 302 g/mol. The van der Waals surface area contributed by atoms with Crippen molar-refractivity contribution in [1.82, 2.24) is 20.3 Å². The number of nitrogens with two attached hydrogens (primary N) is 1. The molecule has 0 fully saturated rings. The Balaban J connectivity index is 1.99. The van der Waals surface area contributed by atoms with Crippen LogP contribution in [0.3, 0.4) is 0 Å². The van der Waals surface area contributed by atoms with Crippen molar-refractivity contribution in [2.75, 3.05) is 13.2 Å². The molecule has 2 rings (SSSR count). The number of aryl methyl sites for hydroxylation is 1. The van der Waals surface area contributed by atoms with Gasteiger partial charge in [0.15, 0.2) is 12.3 Å². The van der Waals surface area contributed by atoms with Gasteiger partial charge in [0, 0.05) is 0 Å². The molecule has 0 unspecified atom stereocenters. The molecule has 0 saturated carbocycles. The summed E-state index contributed by atoms with van der Waals surface area (Å²) in [4.78, 5) is 35.1. The van der Waals surface area contributed by atoms with Crippen molar-refractivity contribution in [2.24, 2.45) is 5.73 Å². The van der Waals surface area contributed by atoms with Crippen molar-refractivity contribution in [1.29, 1.82) is 0 Å². The van der Waals surface area contributed by atoms with Crippen LogP contribution >= 0.6 is 0 Å². The lowest BCUT2D eigenvalue weighted by Gasteiger charge is -2.03. The lowest BCUT2D eigenvalue weighted by Crippen LogP contribution is -2.36. The maximum atomic E-state index is 11.9. The summed E-state index contributed by atoms with van der Waals surface area (Å²) in [6, 6.07) is 9.04. The SMILES string of the molecule is Cc1nn(-c2ccccc2)nc1C(=O)OCC(=O)NCC(N)=O. The summed E-state index contributed by atoms with van der Waals surface area (Å²) in [5.41, 5.74) is 5.95. The van der Waals surface area contributed by atoms with Crippen LogP contribution in [-0.4, -0.2) is 45.9 Å². The monoisotopic (exact) mass is 317 g/mol. The number of para-hydroxylation sites is 1. The van der Waals surface area contributed by atoms with Crippen LogP contribution in [0, 0.1) is 6.92 Å². The predicted octanol–water partition coefficient (Wildman–Crippen LogP) is -0.666. The molecule has 2 amide bonds. The van der Waals surface area contributed by atoms with E-state index < -0.39 is 24.4 Å². The van der Waals surface area contributed by atoms with Gasteiger partial charge in [-0.1, -0.05) is 18.2 Å². The molecule has 0 aliphatic rings. The predicted molar refractivity (Wildman–Crippen MR) is 78.6 cm³/mol. The number of rotatable bonds is 6. The normalized spacial score (nSPS) is 10.1. The number of carbonyl (C=O) groups excluding carboxylic acids is 3. The van der Waals surface area contributed by atoms with Crippen LogP contribution in [0.1, 0.15) is 16.2 Å². The highest BCUT2D eigenvalue weighted by atomic mass is 16.5. The zero-order valence-corrected chi connectivity index (χ0v) is 12.4. The minimum absolute atomic E-state index is 0.0107. The smallest absolute Gasteiger partial charge is 0.361 e. The maximum absolute atomic E-state index is 11.9. The summed E-state index contributed by atoms with van der Waals surface area (Å²) in [5, 5.41) is 10.4. The van der Waals surface area contributed by atoms with Crippen LogP contribution in [0.25, 0.3) is 5.69 Å². The topological polar surface area (TPSA) is 129 Å². The molecule has 9 heteroatoms. The van der Waals surface area contributed by atoms with Gasteiger partial charge < -0.3 is 15.8 Å². The highest BCUT2D eigenvalue weighted by Gasteiger charge is 2.19. The number of esters is 1. The highest BCUT2D eigenvalue weighted by Crippen LogP contribution is 2.09. The molecule has 23 heavy (non-hydrogen) atoms. The van der Waals surface area contributed by atoms with Crippen LogP contribution in [0.4, 0.5) is 0 Å². The van der Waals surface area contributed by atoms with E-state index in [9.17, 15) is 14.4 Å². The number of carbonyl (C=O) groups is 3. The molecule has 0 aliphatic carbocycles. The summed E-state index contributed by atoms with van der Waals surface area (Å²) in [6.07, 6.45) is 0. The van der Waals surface area contributed by atoms with Crippen molar-refractivity contribution >= 4 is 17.8 Å². The fraction of sp³-hybridized carbons (Fsp3) is 0.214. The van der Waals surface area contributed by atoms with Crippen LogP contribution in [0.5, 0.6) is 0 Å². The van der Waals surface area contributed by atoms with Crippen LogP contribution in [-0.2, 0) is 14.3 Å². The van der Waals surface area contributed by atoms with Gasteiger partial charge in [-0.2, -0.15) is 9.90 Å². The molecule has 9 nitrogen and oxygen atoms in total. The van der Waals surface area contributed by atoms with E-state index >= 15 is 0 Å². The van der Waals surface area contributed by atoms with Gasteiger partial charge >= 0.3 is 5.97 Å². The van der Waals surface area contributed by atoms with E-state index in [1.807, 2.05) is 18.2 Å². The third kappa shape index (κ3) is 4.37. The van der Waals surface area contributed by atoms with Crippen molar-refractivity contribution in [2.45, 2.75) is 6.92 Å². The molecule has 120 valence electrons. The number of nitrogens with one attached hydrogen (secondary N) is 1. The lowest BCUT2D eigenvalue weighted by molar-refractivity contribution is -0.127. The third-order valence-electron chi connectivity index (χ3n) is 2.76. The Morgan fingerprint density at radius 1 is 1.22 bits per heavy atom. The van der Waals surface area contributed by atoms with Gasteiger partial charge in [-0.25, -0.2) is 4.79 Å². The molecule has 0 aliphatic heterocycles. The Morgan fingerprint density at radius 2 is 1.91 bits per heavy atom. The molecule has 1 aromatic carbocycles. The van der Waals surface area contributed by atoms with Gasteiger partial charge in [0.05, 0.1) is 17.9 Å². The standard InChI is InChI=1S/C14H15N5O4/c1-9-13(14(22)23-8-12(21)16-7-11(15)20)18-19(17-9)10-5-3-2-4-6-10/h2-6H,7-8H2,1H3,(H2,15,20)(H,16,21). The minimum atomic E-state index is -0.779. The van der Waals surface area contributed by atoms with Crippen molar-refractivity contribution in [3.8, 4) is 5.69 Å². The second kappa shape index (κ2) is 7.16. The van der Waals surface area contributed by atoms with Gasteiger partial charge in [-0.3, -0.25) is 9.59 Å². The first-order chi connectivity index (χ1) is 11.0. The van der Waals surface area contributed by atoms with E-state index in [0.717, 1.165) is 0 Å². The van der Waals surface area contributed by atoms with Gasteiger partial charge in [0.2, 0.25) is 5.91 Å². The number of nitrogens with zero attached hydrogens (tertiary/aromatic N) is 3. The van der Waals surface area contributed by atoms with Crippen LogP contribution in [0.15, 0.2) is 30.3 Å². The Bertz CT molecular complexity index is 726. The molecule has 0 radical (unpaired) electrons. The molecule has 3 N–H and O–H groups in total. The third-order valence-corrected chi connectivity index (χ3v) is 2.76. The number of amides is 2. The van der Waals surface area contributed by atoms with Crippen LogP contribution in [0.2, 0.25) is 0 Å². The van der Waals surface area contributed by atoms with Crippen molar-refractivity contribution in [3.05, 3.63) is 41.7 Å². The Hall–Kier alpha value is -3.23. The lowest BCUT2D eigenvalue weighted by atomic mass is 10.3. The first-order valence-electron chi connectivity index (χ1n) is 6.69. The van der Waals surface area contributed by atoms with E-state index in [4.69, 9.17) is 10.5 Å². The van der Waals surface area contributed by atoms with E-state index in [-0.39, 0.29) is 12.2 Å². The molecule has 1 heterocycles. The molecule has 0 atom stereocenters. The summed E-state index contributed by atoms with van der Waals surface area (Å²) >= 11 is 0. The van der Waals surface area contributed by atoms with Crippen molar-refractivity contribution in [3.63, 3.8) is 0 Å². The Labute approximate surface area is 131 Å². The van der Waals surface area contributed by atoms with E-state index in [2.05, 4.69) is 15.5 Å². The first-order valence-corrected chi connectivity index (χ1v) is 6.69. The Kier molecular flexibility index (Phi) is 5.03. The minimum Gasteiger partial charge on any atom is -0.451 e. The molecule has 0 saturated heterocycles. The molecule has 0 spiro atoms. The number of primary amides is 1. The summed E-state index contributed by atoms with van der Waals surface area (Å²) in [7, 11) is 0. The maximum Gasteiger partial charge on any atom is 0.361 e. The number of ether oxygens (including phenoxy) is 1. The number of aromatic nitrogens is 3. The molecular formula is C14H15N5O4. The van der Waals surface area contributed by atoms with E-state index in [1.54, 1.807) is 19.1 Å². The van der Waals surface area contributed by atoms with E-state index in [0.29, 0.717) is 11.4 Å². The Morgan fingerprint density at radius 3 is 2.57 bits per heavy atom. The highest BCUT2D eigenvalue weighted by molar-refractivity contribution is 5.91. The number of benzene rings is 1. The number of hydrogen-bond acceptors (Lipinski definition) is 6. The molecule has 2 aromatic rings. The second-order valence-electron chi connectivity index (χ2n) is 4.58. The zero-order valence-electron chi connectivity index (χ0n) is 12.4. The van der Waals surface area contributed by atoms with Gasteiger partial charge in [0.1, 0.15) is 0 Å². The van der Waals surface area contributed by atoms with Crippen LogP contribution < -0.4 is 11.1 Å². The quantitative estimate of drug-likeness (QED) is 0.680. The van der Waals surface area contributed by atoms with Gasteiger partial charge in [0.25, 0.3) is 5.91 Å². The van der Waals surface area contributed by atoms with Gasteiger partial charge in [-0.15, -0.1) is 5.10 Å². The van der Waals surface area contributed by atoms with Crippen molar-refractivity contribution < 1.29 is 19.1 Å². The zero-order chi connectivity index (χ0) is 16.8. The number of hydrogen-bond donors (Lipinski definition) is 2. The van der Waals surface area contributed by atoms with E-state index in [1.165, 1.54) is 4.80 Å². The first kappa shape index (κ1) is 16.1. The average Bonchev–Trinajstić information content (AvgIpc) is 2.93. The fourth-order valence-electron chi connectivity index (χ4n) is 1.68. The van der Waals surface area contributed by atoms with Gasteiger partial charge in [-0.05, 0) is 19.1 Å². The average molecular weight is 317 g/mol. The molecule has 1 aromatic heterocycles. The fourth-order valence-corrected chi connectivity index (χ4v) is 1.68. The molecule has 0 bridgehead atoms. The summed E-state index contributed by atoms with van der Waals surface area (Å²) < 4.78 is 4.83. The summed E-state index contributed by atoms with van der Waals surface area (Å²) in [5.74, 6) is -2.10. The summed E-state index contributed by atoms with van der Waals surface area (Å²) in [6.45, 7) is 0.750. The second-order valence-corrected chi connectivity index (χ2v) is 4.58. The largest absolute Gasteiger partial charge is 0.451 e.